The number of anilines is 2. The Balaban J connectivity index is 1.35. The van der Waals surface area contributed by atoms with E-state index in [0.717, 1.165) is 23.4 Å². The molecule has 0 spiro atoms. The molecule has 4 aromatic rings. The molecule has 2 aliphatic rings. The van der Waals surface area contributed by atoms with Crippen molar-refractivity contribution in [3.8, 4) is 5.75 Å². The maximum absolute atomic E-state index is 14.1. The number of rotatable bonds is 7. The summed E-state index contributed by atoms with van der Waals surface area (Å²) in [6.45, 7) is 2.54. The highest BCUT2D eigenvalue weighted by atomic mass is 35.5. The maximum atomic E-state index is 14.1. The van der Waals surface area contributed by atoms with Crippen molar-refractivity contribution in [1.29, 1.82) is 0 Å². The number of pyridine rings is 2. The predicted octanol–water partition coefficient (Wildman–Crippen LogP) is 4.03. The summed E-state index contributed by atoms with van der Waals surface area (Å²) >= 11 is 11.9. The minimum Gasteiger partial charge on any atom is -0.504 e. The standard InChI is InChI=1S/C30H28Cl2F3N9O5/c1-2-18-23(41-10-12-42(13-11-41)27(47)22-24(46)16(31)8-9-36-22)28(48)44-29(39-26(40-44)19-5-3-4-14-49-19)43(18)15-21(45)37-17-6-7-20(30(33,34)35)38-25(17)32/h5-9,46H,2-4,10-15H2,1H3,(H,37,45). The van der Waals surface area contributed by atoms with E-state index in [-0.39, 0.29) is 66.3 Å². The van der Waals surface area contributed by atoms with Gasteiger partial charge in [0.15, 0.2) is 22.4 Å². The summed E-state index contributed by atoms with van der Waals surface area (Å²) in [6, 6.07) is 3.07. The van der Waals surface area contributed by atoms with Gasteiger partial charge in [-0.15, -0.1) is 5.10 Å². The third kappa shape index (κ3) is 6.72. The second-order valence-electron chi connectivity index (χ2n) is 11.1. The summed E-state index contributed by atoms with van der Waals surface area (Å²) in [4.78, 5) is 55.8. The first-order chi connectivity index (χ1) is 23.4. The van der Waals surface area contributed by atoms with Gasteiger partial charge in [0.1, 0.15) is 17.9 Å². The van der Waals surface area contributed by atoms with Crippen LogP contribution in [-0.2, 0) is 28.7 Å². The molecule has 4 aromatic heterocycles. The molecule has 19 heteroatoms. The molecule has 258 valence electrons. The van der Waals surface area contributed by atoms with Crippen molar-refractivity contribution in [3.63, 3.8) is 0 Å². The van der Waals surface area contributed by atoms with Crippen LogP contribution < -0.4 is 15.8 Å². The fourth-order valence-electron chi connectivity index (χ4n) is 5.64. The third-order valence-corrected chi connectivity index (χ3v) is 8.59. The molecule has 0 bridgehead atoms. The van der Waals surface area contributed by atoms with Gasteiger partial charge < -0.3 is 29.5 Å². The van der Waals surface area contributed by atoms with Crippen LogP contribution in [0.2, 0.25) is 10.2 Å². The summed E-state index contributed by atoms with van der Waals surface area (Å²) in [6.07, 6.45) is 0.181. The van der Waals surface area contributed by atoms with E-state index in [1.165, 1.54) is 21.7 Å². The van der Waals surface area contributed by atoms with Gasteiger partial charge in [0.25, 0.3) is 11.5 Å². The Bertz CT molecular complexity index is 2040. The number of hydrogen-bond donors (Lipinski definition) is 2. The van der Waals surface area contributed by atoms with E-state index >= 15 is 0 Å². The summed E-state index contributed by atoms with van der Waals surface area (Å²) in [7, 11) is 0. The van der Waals surface area contributed by atoms with Crippen molar-refractivity contribution in [1.82, 2.24) is 34.0 Å². The van der Waals surface area contributed by atoms with Gasteiger partial charge in [0, 0.05) is 32.4 Å². The molecule has 0 atom stereocenters. The quantitative estimate of drug-likeness (QED) is 0.267. The first-order valence-electron chi connectivity index (χ1n) is 15.1. The highest BCUT2D eigenvalue weighted by Crippen LogP contribution is 2.31. The molecule has 0 aliphatic carbocycles. The van der Waals surface area contributed by atoms with E-state index in [1.807, 2.05) is 6.08 Å². The molecule has 14 nitrogen and oxygen atoms in total. The Labute approximate surface area is 285 Å². The number of carbonyl (C=O) groups is 2. The van der Waals surface area contributed by atoms with Crippen LogP contribution in [0.4, 0.5) is 24.5 Å². The van der Waals surface area contributed by atoms with Crippen molar-refractivity contribution in [2.24, 2.45) is 0 Å². The number of aromatic hydroxyl groups is 1. The van der Waals surface area contributed by atoms with Crippen LogP contribution in [0.1, 0.15) is 47.5 Å². The Morgan fingerprint density at radius 3 is 2.51 bits per heavy atom. The van der Waals surface area contributed by atoms with Gasteiger partial charge in [0.2, 0.25) is 17.5 Å². The van der Waals surface area contributed by atoms with Crippen molar-refractivity contribution >= 4 is 57.9 Å². The number of ether oxygens (including phenoxy) is 1. The van der Waals surface area contributed by atoms with Gasteiger partial charge in [-0.2, -0.15) is 22.7 Å². The van der Waals surface area contributed by atoms with Crippen molar-refractivity contribution in [2.75, 3.05) is 43.0 Å². The molecule has 0 radical (unpaired) electrons. The number of nitrogens with zero attached hydrogens (tertiary/aromatic N) is 8. The Morgan fingerprint density at radius 1 is 1.10 bits per heavy atom. The van der Waals surface area contributed by atoms with E-state index in [0.29, 0.717) is 24.1 Å². The molecule has 0 saturated carbocycles. The van der Waals surface area contributed by atoms with E-state index in [4.69, 9.17) is 27.9 Å². The number of amides is 2. The molecule has 1 fully saturated rings. The highest BCUT2D eigenvalue weighted by molar-refractivity contribution is 6.32. The van der Waals surface area contributed by atoms with Crippen LogP contribution in [0.3, 0.4) is 0 Å². The van der Waals surface area contributed by atoms with E-state index < -0.39 is 46.7 Å². The van der Waals surface area contributed by atoms with Crippen molar-refractivity contribution in [2.45, 2.75) is 38.9 Å². The van der Waals surface area contributed by atoms with Gasteiger partial charge >= 0.3 is 6.18 Å². The van der Waals surface area contributed by atoms with Crippen LogP contribution in [-0.4, -0.2) is 83.7 Å². The largest absolute Gasteiger partial charge is 0.504 e. The molecule has 2 aliphatic heterocycles. The normalized spacial score (nSPS) is 15.3. The third-order valence-electron chi connectivity index (χ3n) is 7.99. The molecule has 2 amide bonds. The first-order valence-corrected chi connectivity index (χ1v) is 15.9. The number of fused-ring (bicyclic) bond motifs is 1. The molecule has 1 saturated heterocycles. The molecular formula is C30H28Cl2F3N9O5. The predicted molar refractivity (Wildman–Crippen MR) is 172 cm³/mol. The highest BCUT2D eigenvalue weighted by Gasteiger charge is 2.34. The van der Waals surface area contributed by atoms with E-state index in [2.05, 4.69) is 25.4 Å². The van der Waals surface area contributed by atoms with E-state index in [9.17, 15) is 32.7 Å². The Kier molecular flexibility index (Phi) is 9.39. The average molecular weight is 723 g/mol. The molecule has 2 N–H and O–H groups in total. The lowest BCUT2D eigenvalue weighted by Gasteiger charge is -2.36. The number of alkyl halides is 3. The number of halogens is 5. The number of allylic oxidation sites excluding steroid dienone is 1. The molecule has 0 unspecified atom stereocenters. The zero-order chi connectivity index (χ0) is 35.0. The Hall–Kier alpha value is -4.90. The van der Waals surface area contributed by atoms with Crippen LogP contribution in [0.5, 0.6) is 5.75 Å². The summed E-state index contributed by atoms with van der Waals surface area (Å²) < 4.78 is 47.6. The lowest BCUT2D eigenvalue weighted by Crippen LogP contribution is -2.51. The van der Waals surface area contributed by atoms with Gasteiger partial charge in [-0.1, -0.05) is 30.1 Å². The van der Waals surface area contributed by atoms with Crippen molar-refractivity contribution in [3.05, 3.63) is 73.9 Å². The summed E-state index contributed by atoms with van der Waals surface area (Å²) in [5, 5.41) is 16.6. The van der Waals surface area contributed by atoms with Gasteiger partial charge in [-0.05, 0) is 43.5 Å². The van der Waals surface area contributed by atoms with Crippen LogP contribution in [0.25, 0.3) is 11.5 Å². The Morgan fingerprint density at radius 2 is 1.86 bits per heavy atom. The molecule has 49 heavy (non-hydrogen) atoms. The number of nitrogens with one attached hydrogen (secondary N) is 1. The minimum absolute atomic E-state index is 0.0130. The van der Waals surface area contributed by atoms with Gasteiger partial charge in [-0.25, -0.2) is 9.97 Å². The SMILES string of the molecule is CCc1c(N2CCN(C(=O)c3nccc(Cl)c3O)CC2)c(=O)n2nc(C3=CCCCO3)nc2n1CC(=O)Nc1ccc(C(F)(F)F)nc1Cl. The smallest absolute Gasteiger partial charge is 0.433 e. The first kappa shape index (κ1) is 34.0. The van der Waals surface area contributed by atoms with Gasteiger partial charge in [0.05, 0.1) is 23.0 Å². The summed E-state index contributed by atoms with van der Waals surface area (Å²) in [5.41, 5.74) is -1.41. The summed E-state index contributed by atoms with van der Waals surface area (Å²) in [5.74, 6) is -1.07. The second kappa shape index (κ2) is 13.5. The molecule has 6 rings (SSSR count). The molecule has 6 heterocycles. The fourth-order valence-corrected chi connectivity index (χ4v) is 5.98. The molecular weight excluding hydrogens is 694 g/mol. The minimum atomic E-state index is -4.73. The zero-order valence-electron chi connectivity index (χ0n) is 25.8. The lowest BCUT2D eigenvalue weighted by molar-refractivity contribution is -0.141. The number of carbonyl (C=O) groups excluding carboxylic acids is 2. The van der Waals surface area contributed by atoms with Crippen LogP contribution in [0, 0.1) is 0 Å². The molecule has 0 aromatic carbocycles. The van der Waals surface area contributed by atoms with E-state index in [1.54, 1.807) is 11.8 Å². The van der Waals surface area contributed by atoms with Gasteiger partial charge in [-0.3, -0.25) is 14.4 Å². The van der Waals surface area contributed by atoms with Crippen molar-refractivity contribution < 1.29 is 32.6 Å². The average Bonchev–Trinajstić information content (AvgIpc) is 3.54. The van der Waals surface area contributed by atoms with Crippen LogP contribution in [0.15, 0.2) is 35.3 Å². The maximum Gasteiger partial charge on any atom is 0.433 e. The topological polar surface area (TPSA) is 160 Å². The monoisotopic (exact) mass is 721 g/mol. The number of aromatic nitrogens is 6. The lowest BCUT2D eigenvalue weighted by atomic mass is 10.2. The van der Waals surface area contributed by atoms with Crippen LogP contribution >= 0.6 is 23.2 Å². The zero-order valence-corrected chi connectivity index (χ0v) is 27.3. The second-order valence-corrected chi connectivity index (χ2v) is 11.9. The fraction of sp³-hybridized carbons (Fsp3) is 0.367. The number of piperazine rings is 1. The number of hydrogen-bond acceptors (Lipinski definition) is 10.